The van der Waals surface area contributed by atoms with Gasteiger partial charge in [-0.25, -0.2) is 4.39 Å². The number of allylic oxidation sites excluding steroid dienone is 1. The van der Waals surface area contributed by atoms with E-state index < -0.39 is 11.6 Å². The lowest BCUT2D eigenvalue weighted by atomic mass is 10.1. The van der Waals surface area contributed by atoms with Crippen molar-refractivity contribution in [1.82, 2.24) is 0 Å². The summed E-state index contributed by atoms with van der Waals surface area (Å²) in [6.07, 6.45) is 2.80. The Balaban J connectivity index is 1.98. The zero-order chi connectivity index (χ0) is 17.1. The van der Waals surface area contributed by atoms with Gasteiger partial charge in [0.1, 0.15) is 5.82 Å². The molecule has 2 aromatic rings. The van der Waals surface area contributed by atoms with E-state index >= 15 is 0 Å². The monoisotopic (exact) mass is 330 g/mol. The number of carbonyl (C=O) groups excluding carboxylic acids is 1. The molecule has 0 fully saturated rings. The van der Waals surface area contributed by atoms with Crippen LogP contribution in [0.5, 0.6) is 23.0 Å². The summed E-state index contributed by atoms with van der Waals surface area (Å²) in [4.78, 5) is 12.2. The molecule has 0 radical (unpaired) electrons. The average Bonchev–Trinajstić information content (AvgIpc) is 3.08. The van der Waals surface area contributed by atoms with E-state index in [1.807, 2.05) is 0 Å². The highest BCUT2D eigenvalue weighted by Crippen LogP contribution is 2.49. The van der Waals surface area contributed by atoms with Gasteiger partial charge in [0, 0.05) is 5.56 Å². The summed E-state index contributed by atoms with van der Waals surface area (Å²) in [6.45, 7) is 0.0589. The van der Waals surface area contributed by atoms with Crippen molar-refractivity contribution in [3.05, 3.63) is 53.4 Å². The second-order valence-electron chi connectivity index (χ2n) is 4.94. The Morgan fingerprint density at radius 1 is 1.17 bits per heavy atom. The van der Waals surface area contributed by atoms with Gasteiger partial charge in [-0.1, -0.05) is 12.1 Å². The maximum absolute atomic E-state index is 13.7. The highest BCUT2D eigenvalue weighted by atomic mass is 19.1. The van der Waals surface area contributed by atoms with Crippen LogP contribution >= 0.6 is 0 Å². The van der Waals surface area contributed by atoms with Crippen LogP contribution in [0.1, 0.15) is 15.9 Å². The molecule has 1 aliphatic rings. The number of ether oxygens (including phenoxy) is 4. The Hall–Kier alpha value is -3.02. The molecule has 2 aromatic carbocycles. The third kappa shape index (κ3) is 2.78. The van der Waals surface area contributed by atoms with Crippen LogP contribution in [0.2, 0.25) is 0 Å². The Bertz CT molecular complexity index is 813. The lowest BCUT2D eigenvalue weighted by molar-refractivity contribution is 0.104. The third-order valence-corrected chi connectivity index (χ3v) is 3.57. The van der Waals surface area contributed by atoms with Gasteiger partial charge in [0.25, 0.3) is 0 Å². The van der Waals surface area contributed by atoms with Crippen LogP contribution in [-0.2, 0) is 0 Å². The molecular formula is C18H15FO5. The summed E-state index contributed by atoms with van der Waals surface area (Å²) < 4.78 is 35.1. The number of rotatable bonds is 5. The van der Waals surface area contributed by atoms with Crippen molar-refractivity contribution >= 4 is 11.9 Å². The molecule has 0 aromatic heterocycles. The van der Waals surface area contributed by atoms with E-state index in [4.69, 9.17) is 18.9 Å². The number of halogens is 1. The fourth-order valence-corrected chi connectivity index (χ4v) is 2.44. The molecule has 0 bridgehead atoms. The van der Waals surface area contributed by atoms with Crippen LogP contribution < -0.4 is 18.9 Å². The first-order valence-corrected chi connectivity index (χ1v) is 7.17. The van der Waals surface area contributed by atoms with Crippen LogP contribution in [0.4, 0.5) is 4.39 Å². The lowest BCUT2D eigenvalue weighted by Gasteiger charge is -2.11. The van der Waals surface area contributed by atoms with E-state index in [0.717, 1.165) is 0 Å². The van der Waals surface area contributed by atoms with Crippen molar-refractivity contribution in [2.24, 2.45) is 0 Å². The van der Waals surface area contributed by atoms with Gasteiger partial charge in [0.15, 0.2) is 17.3 Å². The van der Waals surface area contributed by atoms with E-state index in [0.29, 0.717) is 28.6 Å². The summed E-state index contributed by atoms with van der Waals surface area (Å²) in [7, 11) is 2.99. The Morgan fingerprint density at radius 3 is 2.62 bits per heavy atom. The van der Waals surface area contributed by atoms with E-state index in [1.165, 1.54) is 44.6 Å². The lowest BCUT2D eigenvalue weighted by Crippen LogP contribution is -1.98. The molecular weight excluding hydrogens is 315 g/mol. The minimum Gasteiger partial charge on any atom is -0.493 e. The van der Waals surface area contributed by atoms with Crippen LogP contribution in [0.25, 0.3) is 6.08 Å². The van der Waals surface area contributed by atoms with Crippen molar-refractivity contribution < 1.29 is 28.1 Å². The second kappa shape index (κ2) is 6.62. The number of methoxy groups -OCH3 is 2. The molecule has 0 amide bonds. The Labute approximate surface area is 138 Å². The summed E-state index contributed by atoms with van der Waals surface area (Å²) >= 11 is 0. The highest BCUT2D eigenvalue weighted by Gasteiger charge is 2.26. The van der Waals surface area contributed by atoms with Gasteiger partial charge in [-0.3, -0.25) is 4.79 Å². The molecule has 3 rings (SSSR count). The molecule has 1 aliphatic heterocycles. The first kappa shape index (κ1) is 15.9. The maximum Gasteiger partial charge on any atom is 0.231 e. The van der Waals surface area contributed by atoms with Gasteiger partial charge in [0.05, 0.1) is 19.8 Å². The van der Waals surface area contributed by atoms with Crippen molar-refractivity contribution in [3.8, 4) is 23.0 Å². The number of carbonyl (C=O) groups is 1. The first-order chi connectivity index (χ1) is 11.7. The minimum atomic E-state index is -0.567. The summed E-state index contributed by atoms with van der Waals surface area (Å²) in [5.74, 6) is 0.720. The van der Waals surface area contributed by atoms with Gasteiger partial charge < -0.3 is 18.9 Å². The summed E-state index contributed by atoms with van der Waals surface area (Å²) in [6, 6.07) is 7.47. The normalized spacial score (nSPS) is 12.5. The molecule has 24 heavy (non-hydrogen) atoms. The van der Waals surface area contributed by atoms with Crippen molar-refractivity contribution in [3.63, 3.8) is 0 Å². The van der Waals surface area contributed by atoms with Gasteiger partial charge in [-0.15, -0.1) is 0 Å². The van der Waals surface area contributed by atoms with Crippen LogP contribution in [0.3, 0.4) is 0 Å². The van der Waals surface area contributed by atoms with Crippen molar-refractivity contribution in [2.75, 3.05) is 21.0 Å². The van der Waals surface area contributed by atoms with Gasteiger partial charge in [-0.2, -0.15) is 0 Å². The maximum atomic E-state index is 13.7. The molecule has 0 aliphatic carbocycles. The SMILES string of the molecule is COc1cc(C=CC(=O)c2ccccc2F)c(OC)c2c1OCO2. The first-order valence-electron chi connectivity index (χ1n) is 7.17. The number of ketones is 1. The Kier molecular flexibility index (Phi) is 4.37. The fraction of sp³-hybridized carbons (Fsp3) is 0.167. The van der Waals surface area contributed by atoms with Crippen LogP contribution in [-0.4, -0.2) is 26.8 Å². The zero-order valence-electron chi connectivity index (χ0n) is 13.2. The standard InChI is InChI=1S/C18H15FO5/c1-21-15-9-11(16(22-2)18-17(15)23-10-24-18)7-8-14(20)12-5-3-4-6-13(12)19/h3-9H,10H2,1-2H3. The van der Waals surface area contributed by atoms with Gasteiger partial charge in [-0.05, 0) is 30.4 Å². The third-order valence-electron chi connectivity index (χ3n) is 3.57. The number of benzene rings is 2. The second-order valence-corrected chi connectivity index (χ2v) is 4.94. The van der Waals surface area contributed by atoms with E-state index in [-0.39, 0.29) is 12.4 Å². The predicted octanol–water partition coefficient (Wildman–Crippen LogP) is 3.47. The molecule has 124 valence electrons. The highest BCUT2D eigenvalue weighted by molar-refractivity contribution is 6.07. The predicted molar refractivity (Wildman–Crippen MR) is 85.4 cm³/mol. The number of hydrogen-bond acceptors (Lipinski definition) is 5. The Morgan fingerprint density at radius 2 is 1.92 bits per heavy atom. The minimum absolute atomic E-state index is 0.000394. The molecule has 0 unspecified atom stereocenters. The van der Waals surface area contributed by atoms with Crippen molar-refractivity contribution in [1.29, 1.82) is 0 Å². The van der Waals surface area contributed by atoms with Gasteiger partial charge >= 0.3 is 0 Å². The van der Waals surface area contributed by atoms with Gasteiger partial charge in [0.2, 0.25) is 18.3 Å². The molecule has 0 saturated heterocycles. The van der Waals surface area contributed by atoms with E-state index in [1.54, 1.807) is 12.1 Å². The fourth-order valence-electron chi connectivity index (χ4n) is 2.44. The number of hydrogen-bond donors (Lipinski definition) is 0. The van der Waals surface area contributed by atoms with Crippen LogP contribution in [0.15, 0.2) is 36.4 Å². The molecule has 0 spiro atoms. The largest absolute Gasteiger partial charge is 0.493 e. The van der Waals surface area contributed by atoms with Crippen molar-refractivity contribution in [2.45, 2.75) is 0 Å². The molecule has 6 heteroatoms. The zero-order valence-corrected chi connectivity index (χ0v) is 13.2. The molecule has 0 N–H and O–H groups in total. The molecule has 5 nitrogen and oxygen atoms in total. The molecule has 0 atom stereocenters. The number of fused-ring (bicyclic) bond motifs is 1. The van der Waals surface area contributed by atoms with E-state index in [9.17, 15) is 9.18 Å². The summed E-state index contributed by atoms with van der Waals surface area (Å²) in [5.41, 5.74) is 0.559. The summed E-state index contributed by atoms with van der Waals surface area (Å²) in [5, 5.41) is 0. The van der Waals surface area contributed by atoms with E-state index in [2.05, 4.69) is 0 Å². The smallest absolute Gasteiger partial charge is 0.231 e. The quantitative estimate of drug-likeness (QED) is 0.621. The molecule has 1 heterocycles. The van der Waals surface area contributed by atoms with Crippen LogP contribution in [0, 0.1) is 5.82 Å². The molecule has 0 saturated carbocycles. The topological polar surface area (TPSA) is 54.0 Å². The average molecular weight is 330 g/mol.